The van der Waals surface area contributed by atoms with Crippen LogP contribution in [0, 0.1) is 11.8 Å². The summed E-state index contributed by atoms with van der Waals surface area (Å²) in [6, 6.07) is 17.3. The van der Waals surface area contributed by atoms with E-state index >= 15 is 0 Å². The summed E-state index contributed by atoms with van der Waals surface area (Å²) in [4.78, 5) is 35.0. The molecule has 0 unspecified atom stereocenters. The van der Waals surface area contributed by atoms with Gasteiger partial charge >= 0.3 is 0 Å². The van der Waals surface area contributed by atoms with Crippen LogP contribution >= 0.6 is 11.3 Å². The molecule has 3 aromatic rings. The summed E-state index contributed by atoms with van der Waals surface area (Å²) < 4.78 is 1.30. The van der Waals surface area contributed by atoms with E-state index in [9.17, 15) is 9.59 Å². The Bertz CT molecular complexity index is 1350. The predicted octanol–water partition coefficient (Wildman–Crippen LogP) is 5.34. The van der Waals surface area contributed by atoms with Crippen molar-refractivity contribution in [1.29, 1.82) is 0 Å². The van der Waals surface area contributed by atoms with Crippen LogP contribution in [-0.2, 0) is 9.59 Å². The number of carbonyl (C=O) groups is 2. The fraction of sp³-hybridized carbons (Fsp3) is 0.414. The summed E-state index contributed by atoms with van der Waals surface area (Å²) in [7, 11) is 0. The Morgan fingerprint density at radius 2 is 1.77 bits per heavy atom. The van der Waals surface area contributed by atoms with Crippen molar-refractivity contribution in [3.8, 4) is 11.1 Å². The fourth-order valence-electron chi connectivity index (χ4n) is 5.71. The number of benzene rings is 2. The van der Waals surface area contributed by atoms with Gasteiger partial charge in [-0.2, -0.15) is 0 Å². The van der Waals surface area contributed by atoms with Crippen molar-refractivity contribution >= 4 is 39.1 Å². The maximum Gasteiger partial charge on any atom is 0.256 e. The van der Waals surface area contributed by atoms with Crippen molar-refractivity contribution in [2.45, 2.75) is 44.1 Å². The van der Waals surface area contributed by atoms with Crippen molar-refractivity contribution in [1.82, 2.24) is 9.80 Å². The first-order valence-corrected chi connectivity index (χ1v) is 13.8. The van der Waals surface area contributed by atoms with Crippen molar-refractivity contribution < 1.29 is 9.59 Å². The number of hydrogen-bond donors (Lipinski definition) is 0. The van der Waals surface area contributed by atoms with Crippen molar-refractivity contribution in [2.24, 2.45) is 16.8 Å². The lowest BCUT2D eigenvalue weighted by atomic mass is 9.96. The van der Waals surface area contributed by atoms with Gasteiger partial charge in [-0.1, -0.05) is 30.3 Å². The lowest BCUT2D eigenvalue weighted by molar-refractivity contribution is -0.134. The minimum atomic E-state index is -0.518. The number of carbonyl (C=O) groups excluding carboxylic acids is 2. The lowest BCUT2D eigenvalue weighted by Gasteiger charge is -2.35. The smallest absolute Gasteiger partial charge is 0.256 e. The first kappa shape index (κ1) is 21.3. The number of piperidine rings is 1. The third-order valence-corrected chi connectivity index (χ3v) is 8.97. The predicted molar refractivity (Wildman–Crippen MR) is 140 cm³/mol. The summed E-state index contributed by atoms with van der Waals surface area (Å²) in [6.45, 7) is 2.29. The van der Waals surface area contributed by atoms with Crippen LogP contribution in [0.25, 0.3) is 21.2 Å². The Morgan fingerprint density at radius 3 is 2.54 bits per heavy atom. The second-order valence-corrected chi connectivity index (χ2v) is 11.6. The number of thiophene rings is 1. The average Bonchev–Trinajstić information content (AvgIpc) is 3.81. The summed E-state index contributed by atoms with van der Waals surface area (Å²) >= 11 is 1.76. The fourth-order valence-corrected chi connectivity index (χ4v) is 6.48. The first-order chi connectivity index (χ1) is 17.1. The van der Waals surface area contributed by atoms with Crippen LogP contribution in [0.5, 0.6) is 0 Å². The Labute approximate surface area is 209 Å². The first-order valence-electron chi connectivity index (χ1n) is 12.9. The largest absolute Gasteiger partial charge is 0.342 e. The molecule has 4 aliphatic rings. The van der Waals surface area contributed by atoms with Crippen molar-refractivity contribution in [3.63, 3.8) is 0 Å². The molecule has 6 heteroatoms. The molecule has 3 heterocycles. The number of nitrogens with zero attached hydrogens (tertiary/aromatic N) is 3. The minimum absolute atomic E-state index is 0.158. The number of amidine groups is 1. The van der Waals surface area contributed by atoms with E-state index in [1.165, 1.54) is 21.2 Å². The highest BCUT2D eigenvalue weighted by atomic mass is 32.1. The molecular weight excluding hydrogens is 454 g/mol. The highest BCUT2D eigenvalue weighted by Gasteiger charge is 2.57. The van der Waals surface area contributed by atoms with Crippen LogP contribution in [0.4, 0.5) is 0 Å². The summed E-state index contributed by atoms with van der Waals surface area (Å²) in [5.74, 6) is 1.87. The molecule has 178 valence electrons. The molecule has 7 rings (SSSR count). The van der Waals surface area contributed by atoms with Gasteiger partial charge in [-0.25, -0.2) is 0 Å². The topological polar surface area (TPSA) is 53.0 Å². The molecule has 2 aliphatic carbocycles. The second-order valence-electron chi connectivity index (χ2n) is 10.7. The van der Waals surface area contributed by atoms with Gasteiger partial charge in [-0.15, -0.1) is 11.3 Å². The van der Waals surface area contributed by atoms with Gasteiger partial charge in [-0.05, 0) is 84.5 Å². The van der Waals surface area contributed by atoms with Gasteiger partial charge in [-0.3, -0.25) is 19.5 Å². The molecule has 5 nitrogen and oxygen atoms in total. The summed E-state index contributed by atoms with van der Waals surface area (Å²) in [5.41, 5.74) is 2.85. The quantitative estimate of drug-likeness (QED) is 0.492. The van der Waals surface area contributed by atoms with Gasteiger partial charge in [0.2, 0.25) is 5.91 Å². The second kappa shape index (κ2) is 8.02. The van der Waals surface area contributed by atoms with E-state index in [1.807, 2.05) is 4.90 Å². The highest BCUT2D eigenvalue weighted by molar-refractivity contribution is 7.17. The number of hydrogen-bond acceptors (Lipinski definition) is 4. The van der Waals surface area contributed by atoms with Crippen LogP contribution in [-0.4, -0.2) is 52.6 Å². The Kier molecular flexibility index (Phi) is 4.88. The number of amides is 2. The Balaban J connectivity index is 1.12. The number of likely N-dealkylation sites (tertiary alicyclic amines) is 1. The summed E-state index contributed by atoms with van der Waals surface area (Å²) in [5, 5.41) is 3.40. The Morgan fingerprint density at radius 1 is 1.00 bits per heavy atom. The van der Waals surface area contributed by atoms with Crippen LogP contribution in [0.15, 0.2) is 58.9 Å². The average molecular weight is 484 g/mol. The molecule has 0 bridgehead atoms. The molecule has 2 aliphatic heterocycles. The van der Waals surface area contributed by atoms with Crippen LogP contribution in [0.1, 0.15) is 44.1 Å². The zero-order chi connectivity index (χ0) is 23.6. The van der Waals surface area contributed by atoms with Gasteiger partial charge in [0.1, 0.15) is 11.4 Å². The van der Waals surface area contributed by atoms with E-state index in [0.717, 1.165) is 63.0 Å². The zero-order valence-corrected chi connectivity index (χ0v) is 20.6. The molecule has 1 saturated heterocycles. The molecule has 1 aromatic heterocycles. The highest BCUT2D eigenvalue weighted by Crippen LogP contribution is 2.46. The third kappa shape index (κ3) is 3.79. The molecule has 1 atom stereocenters. The zero-order valence-electron chi connectivity index (χ0n) is 19.8. The normalized spacial score (nSPS) is 23.3. The molecule has 0 radical (unpaired) electrons. The van der Waals surface area contributed by atoms with Gasteiger partial charge in [0.05, 0.1) is 0 Å². The van der Waals surface area contributed by atoms with E-state index < -0.39 is 5.54 Å². The molecule has 3 fully saturated rings. The molecule has 2 saturated carbocycles. The third-order valence-electron chi connectivity index (χ3n) is 8.07. The van der Waals surface area contributed by atoms with Crippen molar-refractivity contribution in [3.05, 3.63) is 59.5 Å². The maximum atomic E-state index is 13.4. The monoisotopic (exact) mass is 483 g/mol. The Hall–Kier alpha value is -2.99. The van der Waals surface area contributed by atoms with Gasteiger partial charge in [0.15, 0.2) is 0 Å². The van der Waals surface area contributed by atoms with Gasteiger partial charge < -0.3 is 4.90 Å². The van der Waals surface area contributed by atoms with Crippen LogP contribution < -0.4 is 0 Å². The molecular formula is C29H29N3O2S. The van der Waals surface area contributed by atoms with E-state index in [1.54, 1.807) is 11.3 Å². The van der Waals surface area contributed by atoms with E-state index in [-0.39, 0.29) is 11.8 Å². The maximum absolute atomic E-state index is 13.4. The van der Waals surface area contributed by atoms with Gasteiger partial charge in [0, 0.05) is 35.8 Å². The molecule has 1 spiro atoms. The SMILES string of the molecule is O=C(C1CC1)N1CCC[C@@H](CN2C(=O)C3(CC3)N=C2c2ccc(-c3ccc4sccc4c3)cc2)C1. The standard InChI is InChI=1S/C29H29N3O2S/c33-27(22-7-8-22)31-14-1-2-19(17-31)18-32-26(30-29(12-13-29)28(32)34)21-5-3-20(4-6-21)23-9-10-25-24(16-23)11-15-35-25/h3-6,9-11,15-16,19,22H,1-2,7-8,12-14,17-18H2/t19-/m1/s1. The minimum Gasteiger partial charge on any atom is -0.342 e. The van der Waals surface area contributed by atoms with E-state index in [4.69, 9.17) is 4.99 Å². The van der Waals surface area contributed by atoms with Crippen molar-refractivity contribution in [2.75, 3.05) is 19.6 Å². The van der Waals surface area contributed by atoms with Gasteiger partial charge in [0.25, 0.3) is 5.91 Å². The molecule has 0 N–H and O–H groups in total. The molecule has 2 aromatic carbocycles. The van der Waals surface area contributed by atoms with E-state index in [0.29, 0.717) is 18.4 Å². The molecule has 35 heavy (non-hydrogen) atoms. The number of fused-ring (bicyclic) bond motifs is 1. The summed E-state index contributed by atoms with van der Waals surface area (Å²) in [6.07, 6.45) is 5.86. The van der Waals surface area contributed by atoms with Crippen LogP contribution in [0.2, 0.25) is 0 Å². The number of rotatable bonds is 5. The van der Waals surface area contributed by atoms with E-state index in [2.05, 4.69) is 58.8 Å². The molecule has 2 amide bonds. The van der Waals surface area contributed by atoms with Crippen LogP contribution in [0.3, 0.4) is 0 Å². The number of aliphatic imine (C=N–C) groups is 1. The lowest BCUT2D eigenvalue weighted by Crippen LogP contribution is -2.46.